The lowest BCUT2D eigenvalue weighted by Crippen LogP contribution is -2.55. The number of piperidine rings is 1. The van der Waals surface area contributed by atoms with E-state index in [2.05, 4.69) is 6.58 Å². The second-order valence-electron chi connectivity index (χ2n) is 10.2. The number of amides is 1. The molecule has 1 aliphatic rings. The number of nitrogens with one attached hydrogen (secondary N) is 1. The van der Waals surface area contributed by atoms with Crippen molar-refractivity contribution in [3.8, 4) is 0 Å². The molecule has 0 saturated carbocycles. The van der Waals surface area contributed by atoms with Crippen LogP contribution in [-0.4, -0.2) is 43.7 Å². The quantitative estimate of drug-likeness (QED) is 0.274. The van der Waals surface area contributed by atoms with Gasteiger partial charge in [0.05, 0.1) is 17.2 Å². The lowest BCUT2D eigenvalue weighted by molar-refractivity contribution is -0.154. The van der Waals surface area contributed by atoms with Crippen LogP contribution in [0.2, 0.25) is 10.0 Å². The summed E-state index contributed by atoms with van der Waals surface area (Å²) in [7, 11) is -4.23. The Balaban J connectivity index is 2.09. The van der Waals surface area contributed by atoms with Gasteiger partial charge in [0.25, 0.3) is 0 Å². The number of carbonyl (C=O) groups excluding carboxylic acids is 1. The van der Waals surface area contributed by atoms with E-state index in [0.29, 0.717) is 29.3 Å². The van der Waals surface area contributed by atoms with Gasteiger partial charge in [-0.05, 0) is 61.1 Å². The van der Waals surface area contributed by atoms with Crippen LogP contribution in [0, 0.1) is 5.41 Å². The Morgan fingerprint density at radius 1 is 1.15 bits per heavy atom. The molecule has 39 heavy (non-hydrogen) atoms. The van der Waals surface area contributed by atoms with Gasteiger partial charge < -0.3 is 4.90 Å². The van der Waals surface area contributed by atoms with E-state index in [1.807, 2.05) is 44.2 Å². The van der Waals surface area contributed by atoms with Crippen molar-refractivity contribution in [1.82, 2.24) is 9.62 Å². The van der Waals surface area contributed by atoms with Crippen LogP contribution in [0.25, 0.3) is 0 Å². The van der Waals surface area contributed by atoms with Gasteiger partial charge in [-0.15, -0.1) is 6.58 Å². The molecule has 1 amide bonds. The number of halogens is 5. The Kier molecular flexibility index (Phi) is 10.2. The molecule has 11 heteroatoms. The Labute approximate surface area is 238 Å². The second-order valence-corrected chi connectivity index (χ2v) is 13.0. The molecule has 0 spiro atoms. The standard InChI is InChI=1S/C28H33Cl2F3N2O3S/c1-4-14-27(3)17-24(20-7-6-8-22(30)16-20)25(19-9-11-21(29)12-10-19)35(26(27)36)23(5-2)13-15-39(37,38)34-18-28(31,32)33/h4,6-12,16,23-25,34H,1,5,13-15,17-18H2,2-3H3/t23-,24+,25+,27-/m0/s1. The van der Waals surface area contributed by atoms with E-state index in [1.54, 1.807) is 33.9 Å². The SMILES string of the molecule is C=CC[C@@]1(C)C[C@H](c2cccc(Cl)c2)[C@@H](c2ccc(Cl)cc2)N([C@@H](CC)CCS(=O)(=O)NCC(F)(F)F)C1=O. The minimum Gasteiger partial charge on any atom is -0.332 e. The third-order valence-electron chi connectivity index (χ3n) is 7.26. The van der Waals surface area contributed by atoms with Gasteiger partial charge in [-0.2, -0.15) is 13.2 Å². The zero-order valence-corrected chi connectivity index (χ0v) is 24.2. The monoisotopic (exact) mass is 604 g/mol. The van der Waals surface area contributed by atoms with E-state index >= 15 is 0 Å². The van der Waals surface area contributed by atoms with Gasteiger partial charge in [-0.3, -0.25) is 4.79 Å². The average Bonchev–Trinajstić information content (AvgIpc) is 2.86. The number of hydrogen-bond acceptors (Lipinski definition) is 3. The van der Waals surface area contributed by atoms with Crippen LogP contribution >= 0.6 is 23.2 Å². The second kappa shape index (κ2) is 12.6. The van der Waals surface area contributed by atoms with Gasteiger partial charge in [0.2, 0.25) is 15.9 Å². The molecule has 0 aliphatic carbocycles. The zero-order chi connectivity index (χ0) is 29.0. The third kappa shape index (κ3) is 7.99. The number of benzene rings is 2. The molecule has 0 radical (unpaired) electrons. The van der Waals surface area contributed by atoms with E-state index in [1.165, 1.54) is 0 Å². The predicted octanol–water partition coefficient (Wildman–Crippen LogP) is 7.28. The summed E-state index contributed by atoms with van der Waals surface area (Å²) in [4.78, 5) is 16.0. The minimum atomic E-state index is -4.67. The first-order valence-electron chi connectivity index (χ1n) is 12.7. The van der Waals surface area contributed by atoms with Gasteiger partial charge >= 0.3 is 6.18 Å². The number of rotatable bonds is 11. The lowest BCUT2D eigenvalue weighted by atomic mass is 9.67. The molecule has 0 unspecified atom stereocenters. The Hall–Kier alpha value is -2.07. The zero-order valence-electron chi connectivity index (χ0n) is 21.8. The third-order valence-corrected chi connectivity index (χ3v) is 9.11. The maximum Gasteiger partial charge on any atom is 0.402 e. The summed E-state index contributed by atoms with van der Waals surface area (Å²) in [6, 6.07) is 13.5. The molecule has 2 aromatic rings. The summed E-state index contributed by atoms with van der Waals surface area (Å²) in [5.41, 5.74) is 0.901. The Bertz CT molecular complexity index is 1270. The van der Waals surface area contributed by atoms with Gasteiger partial charge in [0.1, 0.15) is 6.54 Å². The summed E-state index contributed by atoms with van der Waals surface area (Å²) < 4.78 is 64.4. The fourth-order valence-corrected chi connectivity index (χ4v) is 6.82. The molecule has 5 nitrogen and oxygen atoms in total. The molecule has 1 aliphatic heterocycles. The highest BCUT2D eigenvalue weighted by molar-refractivity contribution is 7.89. The molecule has 2 aromatic carbocycles. The number of carbonyl (C=O) groups is 1. The molecule has 4 atom stereocenters. The summed E-state index contributed by atoms with van der Waals surface area (Å²) in [6.45, 7) is 5.91. The maximum atomic E-state index is 14.2. The minimum absolute atomic E-state index is 0.0358. The molecule has 1 fully saturated rings. The first kappa shape index (κ1) is 31.5. The van der Waals surface area contributed by atoms with Crippen molar-refractivity contribution in [1.29, 1.82) is 0 Å². The van der Waals surface area contributed by atoms with E-state index in [0.717, 1.165) is 11.1 Å². The van der Waals surface area contributed by atoms with Gasteiger partial charge in [0.15, 0.2) is 0 Å². The van der Waals surface area contributed by atoms with Crippen molar-refractivity contribution in [2.24, 2.45) is 5.41 Å². The molecule has 1 saturated heterocycles. The van der Waals surface area contributed by atoms with Crippen LogP contribution < -0.4 is 4.72 Å². The van der Waals surface area contributed by atoms with Crippen LogP contribution in [0.4, 0.5) is 13.2 Å². The predicted molar refractivity (Wildman–Crippen MR) is 149 cm³/mol. The molecule has 0 bridgehead atoms. The van der Waals surface area contributed by atoms with Crippen LogP contribution in [0.5, 0.6) is 0 Å². The number of alkyl halides is 3. The maximum absolute atomic E-state index is 14.2. The highest BCUT2D eigenvalue weighted by Gasteiger charge is 2.50. The fourth-order valence-electron chi connectivity index (χ4n) is 5.38. The van der Waals surface area contributed by atoms with Crippen molar-refractivity contribution < 1.29 is 26.4 Å². The van der Waals surface area contributed by atoms with Gasteiger partial charge in [0, 0.05) is 22.0 Å². The summed E-state index contributed by atoms with van der Waals surface area (Å²) in [5.74, 6) is -0.923. The molecule has 214 valence electrons. The number of nitrogens with zero attached hydrogens (tertiary/aromatic N) is 1. The van der Waals surface area contributed by atoms with Gasteiger partial charge in [-0.25, -0.2) is 13.1 Å². The fraction of sp³-hybridized carbons (Fsp3) is 0.464. The largest absolute Gasteiger partial charge is 0.402 e. The average molecular weight is 606 g/mol. The molecular formula is C28H33Cl2F3N2O3S. The summed E-state index contributed by atoms with van der Waals surface area (Å²) in [5, 5.41) is 1.07. The first-order chi connectivity index (χ1) is 18.2. The lowest BCUT2D eigenvalue weighted by Gasteiger charge is -2.52. The van der Waals surface area contributed by atoms with Crippen LogP contribution in [0.3, 0.4) is 0 Å². The smallest absolute Gasteiger partial charge is 0.332 e. The number of likely N-dealkylation sites (tertiary alicyclic amines) is 1. The molecule has 0 aromatic heterocycles. The highest BCUT2D eigenvalue weighted by atomic mass is 35.5. The van der Waals surface area contributed by atoms with Crippen molar-refractivity contribution in [3.63, 3.8) is 0 Å². The molecule has 3 rings (SSSR count). The number of allylic oxidation sites excluding steroid dienone is 1. The normalized spacial score (nSPS) is 23.1. The van der Waals surface area contributed by atoms with E-state index in [-0.39, 0.29) is 18.2 Å². The molecule has 1 N–H and O–H groups in total. The van der Waals surface area contributed by atoms with Crippen molar-refractivity contribution in [3.05, 3.63) is 82.4 Å². The summed E-state index contributed by atoms with van der Waals surface area (Å²) in [6.07, 6.45) is -1.72. The van der Waals surface area contributed by atoms with Crippen molar-refractivity contribution >= 4 is 39.1 Å². The van der Waals surface area contributed by atoms with Crippen LogP contribution in [0.15, 0.2) is 61.2 Å². The number of hydrogen-bond donors (Lipinski definition) is 1. The van der Waals surface area contributed by atoms with E-state index in [4.69, 9.17) is 23.2 Å². The highest BCUT2D eigenvalue weighted by Crippen LogP contribution is 2.52. The van der Waals surface area contributed by atoms with Crippen LogP contribution in [0.1, 0.15) is 62.6 Å². The Morgan fingerprint density at radius 2 is 1.82 bits per heavy atom. The van der Waals surface area contributed by atoms with Crippen molar-refractivity contribution in [2.75, 3.05) is 12.3 Å². The summed E-state index contributed by atoms with van der Waals surface area (Å²) >= 11 is 12.5. The number of sulfonamides is 1. The van der Waals surface area contributed by atoms with E-state index < -0.39 is 46.0 Å². The Morgan fingerprint density at radius 3 is 2.38 bits per heavy atom. The van der Waals surface area contributed by atoms with Crippen molar-refractivity contribution in [2.45, 2.75) is 63.7 Å². The van der Waals surface area contributed by atoms with E-state index in [9.17, 15) is 26.4 Å². The van der Waals surface area contributed by atoms with Gasteiger partial charge in [-0.1, -0.05) is 67.4 Å². The first-order valence-corrected chi connectivity index (χ1v) is 15.1. The topological polar surface area (TPSA) is 66.5 Å². The molecular weight excluding hydrogens is 572 g/mol. The molecule has 1 heterocycles. The van der Waals surface area contributed by atoms with Crippen LogP contribution in [-0.2, 0) is 14.8 Å².